The van der Waals surface area contributed by atoms with Gasteiger partial charge in [0.25, 0.3) is 0 Å². The lowest BCUT2D eigenvalue weighted by molar-refractivity contribution is 0.415. The van der Waals surface area contributed by atoms with Crippen LogP contribution >= 0.6 is 24.0 Å². The molecule has 1 saturated carbocycles. The van der Waals surface area contributed by atoms with Crippen LogP contribution in [0.1, 0.15) is 24.0 Å². The van der Waals surface area contributed by atoms with E-state index in [1.54, 1.807) is 7.11 Å². The predicted molar refractivity (Wildman–Crippen MR) is 111 cm³/mol. The summed E-state index contributed by atoms with van der Waals surface area (Å²) in [5.74, 6) is 1.28. The summed E-state index contributed by atoms with van der Waals surface area (Å²) >= 11 is 0. The van der Waals surface area contributed by atoms with Crippen molar-refractivity contribution in [3.63, 3.8) is 0 Å². The Morgan fingerprint density at radius 3 is 2.42 bits per heavy atom. The number of ether oxygens (including phenoxy) is 1. The van der Waals surface area contributed by atoms with Gasteiger partial charge in [-0.25, -0.2) is 0 Å². The number of aliphatic imine (C=N–C) groups is 1. The van der Waals surface area contributed by atoms with Crippen molar-refractivity contribution < 1.29 is 4.74 Å². The largest absolute Gasteiger partial charge is 0.497 e. The average molecular weight is 437 g/mol. The van der Waals surface area contributed by atoms with Crippen LogP contribution in [-0.2, 0) is 5.41 Å². The Labute approximate surface area is 160 Å². The predicted octanol–water partition coefficient (Wildman–Crippen LogP) is 4.08. The van der Waals surface area contributed by atoms with Crippen molar-refractivity contribution >= 4 is 35.6 Å². The van der Waals surface area contributed by atoms with E-state index in [0.717, 1.165) is 18.0 Å². The molecule has 0 heterocycles. The molecule has 1 fully saturated rings. The monoisotopic (exact) mass is 437 g/mol. The quantitative estimate of drug-likeness (QED) is 0.421. The zero-order chi connectivity index (χ0) is 16.3. The van der Waals surface area contributed by atoms with Gasteiger partial charge in [0.05, 0.1) is 13.7 Å². The number of halogens is 1. The Morgan fingerprint density at radius 1 is 1.17 bits per heavy atom. The number of hydrogen-bond donors (Lipinski definition) is 2. The molecule has 3 rings (SSSR count). The molecule has 2 aromatic carbocycles. The third-order valence-corrected chi connectivity index (χ3v) is 4.48. The molecule has 0 radical (unpaired) electrons. The zero-order valence-electron chi connectivity index (χ0n) is 14.1. The highest BCUT2D eigenvalue weighted by Gasteiger charge is 2.44. The van der Waals surface area contributed by atoms with Gasteiger partial charge >= 0.3 is 0 Å². The zero-order valence-corrected chi connectivity index (χ0v) is 16.4. The van der Waals surface area contributed by atoms with Gasteiger partial charge < -0.3 is 15.8 Å². The second-order valence-electron chi connectivity index (χ2n) is 6.15. The summed E-state index contributed by atoms with van der Waals surface area (Å²) < 4.78 is 5.15. The topological polar surface area (TPSA) is 59.6 Å². The number of methoxy groups -OCH3 is 1. The minimum absolute atomic E-state index is 0. The molecule has 1 aliphatic carbocycles. The molecule has 0 aromatic heterocycles. The lowest BCUT2D eigenvalue weighted by Crippen LogP contribution is -2.25. The van der Waals surface area contributed by atoms with E-state index in [4.69, 9.17) is 10.5 Å². The summed E-state index contributed by atoms with van der Waals surface area (Å²) in [5, 5.41) is 3.13. The first-order chi connectivity index (χ1) is 11.1. The molecule has 0 unspecified atom stereocenters. The van der Waals surface area contributed by atoms with Gasteiger partial charge in [-0.1, -0.05) is 24.3 Å². The molecular formula is C19H24IN3O. The number of nitrogens with one attached hydrogen (secondary N) is 1. The summed E-state index contributed by atoms with van der Waals surface area (Å²) in [5.41, 5.74) is 9.86. The van der Waals surface area contributed by atoms with Gasteiger partial charge in [0, 0.05) is 11.1 Å². The van der Waals surface area contributed by atoms with Crippen molar-refractivity contribution in [3.8, 4) is 5.75 Å². The normalized spacial score (nSPS) is 15.3. The molecule has 2 aromatic rings. The summed E-state index contributed by atoms with van der Waals surface area (Å²) in [7, 11) is 1.65. The molecule has 0 aliphatic heterocycles. The number of guanidine groups is 1. The Bertz CT molecular complexity index is 709. The Hall–Kier alpha value is -1.76. The number of aryl methyl sites for hydroxylation is 1. The van der Waals surface area contributed by atoms with Crippen LogP contribution in [0.4, 0.5) is 5.69 Å². The van der Waals surface area contributed by atoms with Gasteiger partial charge in [0.2, 0.25) is 0 Å². The van der Waals surface area contributed by atoms with Crippen LogP contribution in [0.5, 0.6) is 5.75 Å². The maximum atomic E-state index is 6.04. The van der Waals surface area contributed by atoms with Crippen LogP contribution in [0, 0.1) is 6.92 Å². The molecule has 0 bridgehead atoms. The van der Waals surface area contributed by atoms with Crippen molar-refractivity contribution in [3.05, 3.63) is 59.7 Å². The molecule has 128 valence electrons. The third-order valence-electron chi connectivity index (χ3n) is 4.48. The van der Waals surface area contributed by atoms with E-state index in [1.165, 1.54) is 24.0 Å². The first kappa shape index (κ1) is 18.6. The third kappa shape index (κ3) is 4.20. The smallest absolute Gasteiger partial charge is 0.193 e. The van der Waals surface area contributed by atoms with Crippen molar-refractivity contribution in [1.29, 1.82) is 0 Å². The lowest BCUT2D eigenvalue weighted by Gasteiger charge is -2.16. The summed E-state index contributed by atoms with van der Waals surface area (Å²) in [6.07, 6.45) is 2.36. The summed E-state index contributed by atoms with van der Waals surface area (Å²) in [4.78, 5) is 4.57. The van der Waals surface area contributed by atoms with Crippen LogP contribution < -0.4 is 15.8 Å². The van der Waals surface area contributed by atoms with Crippen molar-refractivity contribution in [2.75, 3.05) is 19.0 Å². The molecule has 24 heavy (non-hydrogen) atoms. The number of anilines is 1. The molecule has 0 saturated heterocycles. The first-order valence-electron chi connectivity index (χ1n) is 7.90. The molecule has 1 aliphatic rings. The highest BCUT2D eigenvalue weighted by molar-refractivity contribution is 14.0. The van der Waals surface area contributed by atoms with Gasteiger partial charge in [-0.15, -0.1) is 24.0 Å². The lowest BCUT2D eigenvalue weighted by atomic mass is 9.92. The van der Waals surface area contributed by atoms with E-state index in [9.17, 15) is 0 Å². The molecule has 0 spiro atoms. The SMILES string of the molecule is COc1ccc(NC(N)=NCC2(c3ccccc3C)CC2)cc1.I. The van der Waals surface area contributed by atoms with E-state index in [1.807, 2.05) is 24.3 Å². The fourth-order valence-electron chi connectivity index (χ4n) is 2.93. The molecule has 0 amide bonds. The maximum absolute atomic E-state index is 6.04. The van der Waals surface area contributed by atoms with Crippen molar-refractivity contribution in [2.24, 2.45) is 10.7 Å². The number of rotatable bonds is 5. The average Bonchev–Trinajstić information content (AvgIpc) is 3.35. The van der Waals surface area contributed by atoms with Crippen molar-refractivity contribution in [1.82, 2.24) is 0 Å². The number of nitrogens with zero attached hydrogens (tertiary/aromatic N) is 1. The van der Waals surface area contributed by atoms with Crippen LogP contribution in [-0.4, -0.2) is 19.6 Å². The van der Waals surface area contributed by atoms with Gasteiger partial charge in [0.1, 0.15) is 5.75 Å². The Kier molecular flexibility index (Phi) is 6.10. The number of nitrogens with two attached hydrogens (primary N) is 1. The van der Waals surface area contributed by atoms with E-state index in [2.05, 4.69) is 41.5 Å². The van der Waals surface area contributed by atoms with Gasteiger partial charge in [-0.3, -0.25) is 4.99 Å². The van der Waals surface area contributed by atoms with E-state index in [0.29, 0.717) is 5.96 Å². The van der Waals surface area contributed by atoms with E-state index in [-0.39, 0.29) is 29.4 Å². The second-order valence-corrected chi connectivity index (χ2v) is 6.15. The number of benzene rings is 2. The van der Waals surface area contributed by atoms with Crippen molar-refractivity contribution in [2.45, 2.75) is 25.2 Å². The first-order valence-corrected chi connectivity index (χ1v) is 7.90. The fraction of sp³-hybridized carbons (Fsp3) is 0.316. The van der Waals surface area contributed by atoms with Crippen LogP contribution in [0.15, 0.2) is 53.5 Å². The molecule has 5 heteroatoms. The Morgan fingerprint density at radius 2 is 1.83 bits per heavy atom. The fourth-order valence-corrected chi connectivity index (χ4v) is 2.93. The van der Waals surface area contributed by atoms with E-state index >= 15 is 0 Å². The highest BCUT2D eigenvalue weighted by atomic mass is 127. The van der Waals surface area contributed by atoms with Crippen LogP contribution in [0.3, 0.4) is 0 Å². The highest BCUT2D eigenvalue weighted by Crippen LogP contribution is 2.49. The summed E-state index contributed by atoms with van der Waals surface area (Å²) in [6, 6.07) is 16.2. The standard InChI is InChI=1S/C19H23N3O.HI/c1-14-5-3-4-6-17(14)19(11-12-19)13-21-18(20)22-15-7-9-16(23-2)10-8-15;/h3-10H,11-13H2,1-2H3,(H3,20,21,22);1H. The van der Waals surface area contributed by atoms with Gasteiger partial charge in [-0.05, 0) is 55.2 Å². The van der Waals surface area contributed by atoms with Crippen LogP contribution in [0.2, 0.25) is 0 Å². The minimum Gasteiger partial charge on any atom is -0.497 e. The molecule has 4 nitrogen and oxygen atoms in total. The molecule has 3 N–H and O–H groups in total. The second kappa shape index (κ2) is 7.88. The summed E-state index contributed by atoms with van der Waals surface area (Å²) in [6.45, 7) is 2.89. The minimum atomic E-state index is 0. The molecule has 0 atom stereocenters. The maximum Gasteiger partial charge on any atom is 0.193 e. The van der Waals surface area contributed by atoms with Crippen LogP contribution in [0.25, 0.3) is 0 Å². The number of hydrogen-bond acceptors (Lipinski definition) is 2. The Balaban J connectivity index is 0.00000208. The van der Waals surface area contributed by atoms with Gasteiger partial charge in [0.15, 0.2) is 5.96 Å². The van der Waals surface area contributed by atoms with Gasteiger partial charge in [-0.2, -0.15) is 0 Å². The molecular weight excluding hydrogens is 413 g/mol. The van der Waals surface area contributed by atoms with E-state index < -0.39 is 0 Å².